The van der Waals surface area contributed by atoms with E-state index in [4.69, 9.17) is 4.74 Å². The average molecular weight is 227 g/mol. The fraction of sp³-hybridized carbons (Fsp3) is 1.00. The number of nitrogens with one attached hydrogen (secondary N) is 1. The maximum atomic E-state index is 6.44. The lowest BCUT2D eigenvalue weighted by Gasteiger charge is -2.47. The highest BCUT2D eigenvalue weighted by molar-refractivity contribution is 4.93. The van der Waals surface area contributed by atoms with Gasteiger partial charge in [0.05, 0.1) is 11.2 Å². The Hall–Kier alpha value is -0.0800. The molecule has 1 atom stereocenters. The van der Waals surface area contributed by atoms with Crippen LogP contribution >= 0.6 is 0 Å². The van der Waals surface area contributed by atoms with Gasteiger partial charge in [0.15, 0.2) is 0 Å². The van der Waals surface area contributed by atoms with Gasteiger partial charge >= 0.3 is 0 Å². The smallest absolute Gasteiger partial charge is 0.0809 e. The van der Waals surface area contributed by atoms with Crippen molar-refractivity contribution in [1.29, 1.82) is 0 Å². The highest BCUT2D eigenvalue weighted by atomic mass is 16.5. The zero-order valence-corrected chi connectivity index (χ0v) is 11.6. The van der Waals surface area contributed by atoms with Gasteiger partial charge in [0, 0.05) is 13.1 Å². The summed E-state index contributed by atoms with van der Waals surface area (Å²) in [6.45, 7) is 11.0. The summed E-state index contributed by atoms with van der Waals surface area (Å²) in [7, 11) is 0. The summed E-state index contributed by atoms with van der Waals surface area (Å²) in [5, 5.41) is 3.57. The van der Waals surface area contributed by atoms with Crippen LogP contribution in [0.15, 0.2) is 0 Å². The molecule has 16 heavy (non-hydrogen) atoms. The zero-order valence-electron chi connectivity index (χ0n) is 11.6. The van der Waals surface area contributed by atoms with E-state index >= 15 is 0 Å². The van der Waals surface area contributed by atoms with Gasteiger partial charge in [-0.3, -0.25) is 0 Å². The third kappa shape index (κ3) is 3.46. The molecule has 0 aromatic heterocycles. The quantitative estimate of drug-likeness (QED) is 0.701. The third-order valence-electron chi connectivity index (χ3n) is 4.01. The van der Waals surface area contributed by atoms with Crippen molar-refractivity contribution in [1.82, 2.24) is 5.32 Å². The van der Waals surface area contributed by atoms with Gasteiger partial charge in [0.2, 0.25) is 0 Å². The monoisotopic (exact) mass is 227 g/mol. The van der Waals surface area contributed by atoms with Crippen LogP contribution in [0, 0.1) is 0 Å². The normalized spacial score (nSPS) is 29.2. The van der Waals surface area contributed by atoms with Crippen molar-refractivity contribution < 1.29 is 4.74 Å². The van der Waals surface area contributed by atoms with Crippen LogP contribution in [0.2, 0.25) is 0 Å². The lowest BCUT2D eigenvalue weighted by molar-refractivity contribution is -0.176. The first-order valence-corrected chi connectivity index (χ1v) is 7.00. The van der Waals surface area contributed by atoms with E-state index < -0.39 is 0 Å². The van der Waals surface area contributed by atoms with Gasteiger partial charge in [-0.05, 0) is 26.2 Å². The SMILES string of the molecule is CCCCCC1(C)CNCC(CC)(CC)O1. The molecule has 1 heterocycles. The van der Waals surface area contributed by atoms with Gasteiger partial charge in [-0.2, -0.15) is 0 Å². The predicted octanol–water partition coefficient (Wildman–Crippen LogP) is 3.50. The van der Waals surface area contributed by atoms with Crippen LogP contribution in [0.25, 0.3) is 0 Å². The van der Waals surface area contributed by atoms with E-state index in [-0.39, 0.29) is 11.2 Å². The summed E-state index contributed by atoms with van der Waals surface area (Å²) < 4.78 is 6.44. The molecule has 1 aliphatic heterocycles. The molecular formula is C14H29NO. The van der Waals surface area contributed by atoms with Crippen LogP contribution in [0.5, 0.6) is 0 Å². The summed E-state index contributed by atoms with van der Waals surface area (Å²) in [5.41, 5.74) is 0.138. The topological polar surface area (TPSA) is 21.3 Å². The zero-order chi connectivity index (χ0) is 12.1. The Kier molecular flexibility index (Phi) is 5.26. The van der Waals surface area contributed by atoms with Crippen LogP contribution in [0.4, 0.5) is 0 Å². The molecule has 0 aromatic carbocycles. The van der Waals surface area contributed by atoms with Crippen LogP contribution in [0.3, 0.4) is 0 Å². The minimum Gasteiger partial charge on any atom is -0.366 e. The Morgan fingerprint density at radius 1 is 1.06 bits per heavy atom. The number of hydrogen-bond donors (Lipinski definition) is 1. The number of hydrogen-bond acceptors (Lipinski definition) is 2. The van der Waals surface area contributed by atoms with Crippen LogP contribution in [-0.2, 0) is 4.74 Å². The standard InChI is InChI=1S/C14H29NO/c1-5-8-9-10-13(4)11-15-12-14(6-2,7-3)16-13/h15H,5-12H2,1-4H3. The maximum absolute atomic E-state index is 6.44. The van der Waals surface area contributed by atoms with E-state index in [2.05, 4.69) is 33.0 Å². The summed E-state index contributed by atoms with van der Waals surface area (Å²) >= 11 is 0. The summed E-state index contributed by atoms with van der Waals surface area (Å²) in [4.78, 5) is 0. The van der Waals surface area contributed by atoms with Crippen molar-refractivity contribution in [2.75, 3.05) is 13.1 Å². The van der Waals surface area contributed by atoms with Crippen LogP contribution < -0.4 is 5.32 Å². The Morgan fingerprint density at radius 2 is 1.75 bits per heavy atom. The molecule has 0 saturated carbocycles. The van der Waals surface area contributed by atoms with Crippen LogP contribution in [0.1, 0.15) is 66.2 Å². The Balaban J connectivity index is 2.53. The predicted molar refractivity (Wildman–Crippen MR) is 69.8 cm³/mol. The van der Waals surface area contributed by atoms with E-state index in [9.17, 15) is 0 Å². The lowest BCUT2D eigenvalue weighted by Crippen LogP contribution is -2.58. The summed E-state index contributed by atoms with van der Waals surface area (Å²) in [6.07, 6.45) is 7.31. The molecule has 96 valence electrons. The number of morpholine rings is 1. The lowest BCUT2D eigenvalue weighted by atomic mass is 9.89. The van der Waals surface area contributed by atoms with Gasteiger partial charge in [0.25, 0.3) is 0 Å². The van der Waals surface area contributed by atoms with Gasteiger partial charge in [-0.15, -0.1) is 0 Å². The molecular weight excluding hydrogens is 198 g/mol. The second-order valence-electron chi connectivity index (χ2n) is 5.50. The maximum Gasteiger partial charge on any atom is 0.0809 e. The van der Waals surface area contributed by atoms with Crippen molar-refractivity contribution in [3.8, 4) is 0 Å². The molecule has 0 spiro atoms. The van der Waals surface area contributed by atoms with Gasteiger partial charge < -0.3 is 10.1 Å². The Bertz CT molecular complexity index is 201. The third-order valence-corrected chi connectivity index (χ3v) is 4.01. The number of rotatable bonds is 6. The first-order valence-electron chi connectivity index (χ1n) is 7.00. The van der Waals surface area contributed by atoms with Gasteiger partial charge in [-0.25, -0.2) is 0 Å². The molecule has 1 aliphatic rings. The minimum absolute atomic E-state index is 0.0550. The summed E-state index contributed by atoms with van der Waals surface area (Å²) in [6, 6.07) is 0. The molecule has 1 N–H and O–H groups in total. The molecule has 2 nitrogen and oxygen atoms in total. The molecule has 0 bridgehead atoms. The van der Waals surface area contributed by atoms with E-state index in [1.807, 2.05) is 0 Å². The van der Waals surface area contributed by atoms with Gasteiger partial charge in [0.1, 0.15) is 0 Å². The van der Waals surface area contributed by atoms with Crippen molar-refractivity contribution in [3.63, 3.8) is 0 Å². The molecule has 0 radical (unpaired) electrons. The highest BCUT2D eigenvalue weighted by Crippen LogP contribution is 2.32. The molecule has 1 fully saturated rings. The molecule has 1 unspecified atom stereocenters. The second kappa shape index (κ2) is 6.02. The molecule has 2 heteroatoms. The average Bonchev–Trinajstić information content (AvgIpc) is 2.29. The van der Waals surface area contributed by atoms with E-state index in [1.165, 1.54) is 25.7 Å². The fourth-order valence-electron chi connectivity index (χ4n) is 2.68. The Morgan fingerprint density at radius 3 is 2.31 bits per heavy atom. The van der Waals surface area contributed by atoms with Crippen molar-refractivity contribution in [3.05, 3.63) is 0 Å². The first kappa shape index (κ1) is 14.0. The highest BCUT2D eigenvalue weighted by Gasteiger charge is 2.40. The Labute approximate surface area is 101 Å². The van der Waals surface area contributed by atoms with Crippen molar-refractivity contribution in [2.45, 2.75) is 77.4 Å². The molecule has 1 saturated heterocycles. The number of unbranched alkanes of at least 4 members (excludes halogenated alkanes) is 2. The largest absolute Gasteiger partial charge is 0.366 e. The molecule has 0 aliphatic carbocycles. The van der Waals surface area contributed by atoms with E-state index in [0.29, 0.717) is 0 Å². The van der Waals surface area contributed by atoms with E-state index in [0.717, 1.165) is 25.9 Å². The van der Waals surface area contributed by atoms with Crippen molar-refractivity contribution in [2.24, 2.45) is 0 Å². The second-order valence-corrected chi connectivity index (χ2v) is 5.50. The summed E-state index contributed by atoms with van der Waals surface area (Å²) in [5.74, 6) is 0. The molecule has 0 aromatic rings. The van der Waals surface area contributed by atoms with Crippen molar-refractivity contribution >= 4 is 0 Å². The molecule has 0 amide bonds. The first-order chi connectivity index (χ1) is 7.60. The number of ether oxygens (including phenoxy) is 1. The minimum atomic E-state index is 0.0550. The van der Waals surface area contributed by atoms with Crippen LogP contribution in [-0.4, -0.2) is 24.3 Å². The van der Waals surface area contributed by atoms with E-state index in [1.54, 1.807) is 0 Å². The fourth-order valence-corrected chi connectivity index (χ4v) is 2.68. The van der Waals surface area contributed by atoms with Gasteiger partial charge in [-0.1, -0.05) is 40.0 Å². The molecule has 1 rings (SSSR count).